The molecule has 0 atom stereocenters. The van der Waals surface area contributed by atoms with Gasteiger partial charge in [-0.25, -0.2) is 9.98 Å². The summed E-state index contributed by atoms with van der Waals surface area (Å²) in [7, 11) is 0. The lowest BCUT2D eigenvalue weighted by Crippen LogP contribution is -2.24. The van der Waals surface area contributed by atoms with Crippen LogP contribution in [0.3, 0.4) is 0 Å². The van der Waals surface area contributed by atoms with E-state index in [0.29, 0.717) is 23.8 Å². The predicted molar refractivity (Wildman–Crippen MR) is 108 cm³/mol. The number of nitrogens with one attached hydrogen (secondary N) is 1. The summed E-state index contributed by atoms with van der Waals surface area (Å²) < 4.78 is 5.59. The molecule has 1 heterocycles. The van der Waals surface area contributed by atoms with Gasteiger partial charge in [-0.15, -0.1) is 0 Å². The standard InChI is InChI=1S/C22H23N3O2/c1-4-23-22-24-19-16-8-6-7-9-17(16)21(26)18(20(19)25-22)15-11-10-14(27-5-2)12-13(15)3/h8-12H,4-7H2,1-3H3,(H,23,25). The van der Waals surface area contributed by atoms with Crippen LogP contribution < -0.4 is 10.1 Å². The summed E-state index contributed by atoms with van der Waals surface area (Å²) in [5.74, 6) is 1.41. The summed E-state index contributed by atoms with van der Waals surface area (Å²) in [5, 5.41) is 3.17. The third kappa shape index (κ3) is 2.93. The fourth-order valence-electron chi connectivity index (χ4n) is 3.72. The Morgan fingerprint density at radius 3 is 2.59 bits per heavy atom. The van der Waals surface area contributed by atoms with Crippen molar-refractivity contribution in [1.82, 2.24) is 5.32 Å². The van der Waals surface area contributed by atoms with Crippen LogP contribution in [-0.4, -0.2) is 30.6 Å². The van der Waals surface area contributed by atoms with Gasteiger partial charge in [0.2, 0.25) is 5.96 Å². The van der Waals surface area contributed by atoms with Gasteiger partial charge in [0.25, 0.3) is 0 Å². The monoisotopic (exact) mass is 361 g/mol. The smallest absolute Gasteiger partial charge is 0.223 e. The van der Waals surface area contributed by atoms with Crippen molar-refractivity contribution >= 4 is 23.0 Å². The molecular weight excluding hydrogens is 338 g/mol. The highest BCUT2D eigenvalue weighted by molar-refractivity contribution is 6.45. The normalized spacial score (nSPS) is 18.3. The first-order valence-electron chi connectivity index (χ1n) is 9.49. The number of fused-ring (bicyclic) bond motifs is 3. The van der Waals surface area contributed by atoms with Gasteiger partial charge in [-0.1, -0.05) is 18.2 Å². The van der Waals surface area contributed by atoms with E-state index in [9.17, 15) is 4.79 Å². The van der Waals surface area contributed by atoms with Crippen molar-refractivity contribution < 1.29 is 9.53 Å². The summed E-state index contributed by atoms with van der Waals surface area (Å²) in [6.45, 7) is 7.31. The number of ether oxygens (including phenoxy) is 1. The van der Waals surface area contributed by atoms with Gasteiger partial charge in [-0.05, 0) is 56.9 Å². The Labute approximate surface area is 159 Å². The maximum atomic E-state index is 13.4. The van der Waals surface area contributed by atoms with Crippen LogP contribution in [0.5, 0.6) is 5.75 Å². The average Bonchev–Trinajstić information content (AvgIpc) is 3.08. The minimum Gasteiger partial charge on any atom is -0.494 e. The highest BCUT2D eigenvalue weighted by Crippen LogP contribution is 2.40. The fraction of sp³-hybridized carbons (Fsp3) is 0.318. The number of aryl methyl sites for hydroxylation is 1. The third-order valence-corrected chi connectivity index (χ3v) is 4.89. The molecule has 0 aromatic heterocycles. The van der Waals surface area contributed by atoms with E-state index in [2.05, 4.69) is 21.4 Å². The van der Waals surface area contributed by atoms with Gasteiger partial charge >= 0.3 is 0 Å². The van der Waals surface area contributed by atoms with Crippen molar-refractivity contribution in [3.63, 3.8) is 0 Å². The molecule has 0 spiro atoms. The van der Waals surface area contributed by atoms with E-state index in [4.69, 9.17) is 4.74 Å². The first kappa shape index (κ1) is 17.5. The molecule has 138 valence electrons. The van der Waals surface area contributed by atoms with E-state index >= 15 is 0 Å². The van der Waals surface area contributed by atoms with Gasteiger partial charge in [0, 0.05) is 17.7 Å². The zero-order valence-electron chi connectivity index (χ0n) is 15.9. The largest absolute Gasteiger partial charge is 0.494 e. The zero-order valence-corrected chi connectivity index (χ0v) is 15.9. The summed E-state index contributed by atoms with van der Waals surface area (Å²) in [5.41, 5.74) is 5.66. The molecule has 1 aromatic carbocycles. The molecule has 5 heteroatoms. The number of hydrogen-bond acceptors (Lipinski definition) is 5. The van der Waals surface area contributed by atoms with E-state index < -0.39 is 0 Å². The van der Waals surface area contributed by atoms with Crippen molar-refractivity contribution in [2.24, 2.45) is 9.98 Å². The van der Waals surface area contributed by atoms with Crippen LogP contribution in [-0.2, 0) is 4.79 Å². The molecule has 0 saturated heterocycles. The first-order chi connectivity index (χ1) is 13.1. The van der Waals surface area contributed by atoms with E-state index in [1.165, 1.54) is 0 Å². The number of carbonyl (C=O) groups is 1. The fourth-order valence-corrected chi connectivity index (χ4v) is 3.72. The number of allylic oxidation sites excluding steroid dienone is 5. The lowest BCUT2D eigenvalue weighted by Gasteiger charge is -2.24. The quantitative estimate of drug-likeness (QED) is 0.888. The molecule has 0 unspecified atom stereocenters. The second kappa shape index (κ2) is 6.99. The van der Waals surface area contributed by atoms with Crippen LogP contribution in [0, 0.1) is 6.92 Å². The number of carbonyl (C=O) groups excluding carboxylic acids is 1. The van der Waals surface area contributed by atoms with Gasteiger partial charge < -0.3 is 10.1 Å². The molecule has 0 bridgehead atoms. The highest BCUT2D eigenvalue weighted by Gasteiger charge is 2.37. The summed E-state index contributed by atoms with van der Waals surface area (Å²) in [4.78, 5) is 22.7. The number of guanidine groups is 1. The number of ketones is 1. The number of nitrogens with zero attached hydrogens (tertiary/aromatic N) is 2. The van der Waals surface area contributed by atoms with E-state index in [-0.39, 0.29) is 5.78 Å². The van der Waals surface area contributed by atoms with Crippen LogP contribution in [0.2, 0.25) is 0 Å². The van der Waals surface area contributed by atoms with Crippen LogP contribution in [0.15, 0.2) is 57.2 Å². The van der Waals surface area contributed by atoms with Crippen molar-refractivity contribution in [2.45, 2.75) is 33.6 Å². The minimum absolute atomic E-state index is 0.0312. The number of rotatable bonds is 4. The molecule has 1 N–H and O–H groups in total. The van der Waals surface area contributed by atoms with Crippen molar-refractivity contribution in [1.29, 1.82) is 0 Å². The molecule has 27 heavy (non-hydrogen) atoms. The Balaban J connectivity index is 1.91. The van der Waals surface area contributed by atoms with Crippen molar-refractivity contribution in [3.05, 3.63) is 58.3 Å². The van der Waals surface area contributed by atoms with E-state index in [0.717, 1.165) is 53.1 Å². The van der Waals surface area contributed by atoms with Gasteiger partial charge in [-0.3, -0.25) is 4.79 Å². The Morgan fingerprint density at radius 1 is 1.11 bits per heavy atom. The third-order valence-electron chi connectivity index (χ3n) is 4.89. The second-order valence-electron chi connectivity index (χ2n) is 6.70. The van der Waals surface area contributed by atoms with Crippen LogP contribution in [0.25, 0.3) is 5.57 Å². The Kier molecular flexibility index (Phi) is 4.52. The van der Waals surface area contributed by atoms with Gasteiger partial charge in [-0.2, -0.15) is 0 Å². The Bertz CT molecular complexity index is 977. The van der Waals surface area contributed by atoms with Crippen molar-refractivity contribution in [2.75, 3.05) is 13.2 Å². The maximum Gasteiger partial charge on any atom is 0.223 e. The molecule has 0 saturated carbocycles. The van der Waals surface area contributed by atoms with Gasteiger partial charge in [0.05, 0.1) is 12.2 Å². The molecule has 1 aromatic rings. The lowest BCUT2D eigenvalue weighted by molar-refractivity contribution is -0.110. The Morgan fingerprint density at radius 2 is 1.89 bits per heavy atom. The number of Topliss-reactive ketones (excluding diaryl/α,β-unsaturated/α-hetero) is 1. The molecule has 3 aliphatic rings. The average molecular weight is 361 g/mol. The molecule has 0 fully saturated rings. The molecule has 1 aliphatic heterocycles. The molecule has 0 amide bonds. The van der Waals surface area contributed by atoms with E-state index in [1.54, 1.807) is 0 Å². The highest BCUT2D eigenvalue weighted by atomic mass is 16.5. The number of hydrogen-bond donors (Lipinski definition) is 1. The second-order valence-corrected chi connectivity index (χ2v) is 6.70. The number of aliphatic imine (C=N–C) groups is 2. The minimum atomic E-state index is 0.0312. The van der Waals surface area contributed by atoms with Gasteiger partial charge in [0.15, 0.2) is 5.78 Å². The van der Waals surface area contributed by atoms with Crippen LogP contribution in [0.1, 0.15) is 37.8 Å². The topological polar surface area (TPSA) is 63.1 Å². The molecule has 5 nitrogen and oxygen atoms in total. The number of benzene rings is 1. The molecule has 4 rings (SSSR count). The Hall–Kier alpha value is -2.95. The van der Waals surface area contributed by atoms with E-state index in [1.807, 2.05) is 45.0 Å². The SMILES string of the molecule is CCNC1=NC2=C(c3ccc(OCC)cc3C)C(=O)C3=CCCC=C3C2=N1. The van der Waals surface area contributed by atoms with Crippen LogP contribution in [0.4, 0.5) is 0 Å². The van der Waals surface area contributed by atoms with Crippen LogP contribution >= 0.6 is 0 Å². The molecule has 0 radical (unpaired) electrons. The van der Waals surface area contributed by atoms with Crippen molar-refractivity contribution in [3.8, 4) is 5.75 Å². The molecular formula is C22H23N3O2. The molecule has 2 aliphatic carbocycles. The lowest BCUT2D eigenvalue weighted by atomic mass is 9.78. The summed E-state index contributed by atoms with van der Waals surface area (Å²) in [6.07, 6.45) is 5.94. The summed E-state index contributed by atoms with van der Waals surface area (Å²) in [6, 6.07) is 5.84. The first-order valence-corrected chi connectivity index (χ1v) is 9.49. The predicted octanol–water partition coefficient (Wildman–Crippen LogP) is 3.75. The summed E-state index contributed by atoms with van der Waals surface area (Å²) >= 11 is 0. The van der Waals surface area contributed by atoms with Gasteiger partial charge in [0.1, 0.15) is 17.2 Å². The maximum absolute atomic E-state index is 13.4. The zero-order chi connectivity index (χ0) is 19.0.